The van der Waals surface area contributed by atoms with Gasteiger partial charge < -0.3 is 14.2 Å². The van der Waals surface area contributed by atoms with Gasteiger partial charge in [0.15, 0.2) is 21.6 Å². The molecule has 0 atom stereocenters. The number of Topliss-reactive ketones (excluding diaryl/α,β-unsaturated/α-hetero) is 1. The summed E-state index contributed by atoms with van der Waals surface area (Å²) in [5.74, 6) is 1.24. The van der Waals surface area contributed by atoms with Crippen LogP contribution in [0.3, 0.4) is 0 Å². The van der Waals surface area contributed by atoms with Crippen LogP contribution in [0.4, 0.5) is 0 Å². The van der Waals surface area contributed by atoms with Crippen molar-refractivity contribution < 1.29 is 23.8 Å². The molecule has 1 aromatic heterocycles. The lowest BCUT2D eigenvalue weighted by atomic mass is 10.1. The van der Waals surface area contributed by atoms with Gasteiger partial charge in [0.25, 0.3) is 0 Å². The zero-order valence-electron chi connectivity index (χ0n) is 13.6. The van der Waals surface area contributed by atoms with Gasteiger partial charge in [-0.3, -0.25) is 9.59 Å². The summed E-state index contributed by atoms with van der Waals surface area (Å²) in [6, 6.07) is 5.21. The number of esters is 1. The number of nitrogens with zero attached hydrogens (tertiary/aromatic N) is 1. The van der Waals surface area contributed by atoms with E-state index < -0.39 is 0 Å². The predicted molar refractivity (Wildman–Crippen MR) is 94.9 cm³/mol. The fraction of sp³-hybridized carbons (Fsp3) is 0.353. The number of carbonyl (C=O) groups is 2. The molecule has 0 N–H and O–H groups in total. The van der Waals surface area contributed by atoms with Crippen LogP contribution in [-0.4, -0.2) is 42.3 Å². The number of hydrogen-bond donors (Lipinski definition) is 0. The highest BCUT2D eigenvalue weighted by atomic mass is 32.2. The number of benzene rings is 1. The first-order valence-electron chi connectivity index (χ1n) is 7.81. The molecule has 0 saturated carbocycles. The van der Waals surface area contributed by atoms with E-state index in [4.69, 9.17) is 14.2 Å². The van der Waals surface area contributed by atoms with E-state index in [-0.39, 0.29) is 23.9 Å². The minimum absolute atomic E-state index is 0.0101. The molecule has 132 valence electrons. The lowest BCUT2D eigenvalue weighted by Crippen LogP contribution is -2.16. The molecule has 6 nitrogen and oxygen atoms in total. The Labute approximate surface area is 153 Å². The summed E-state index contributed by atoms with van der Waals surface area (Å²) < 4.78 is 16.6. The first-order valence-corrected chi connectivity index (χ1v) is 9.68. The predicted octanol–water partition coefficient (Wildman–Crippen LogP) is 2.99. The minimum atomic E-state index is -0.295. The van der Waals surface area contributed by atoms with Gasteiger partial charge in [-0.1, -0.05) is 11.8 Å². The standard InChI is InChI=1S/C17H17NO5S2/c1-2-21-16(20)8-12-9-24-17(18-12)25-10-13(19)11-3-4-14-15(7-11)23-6-5-22-14/h3-4,7,9H,2,5-6,8,10H2,1H3. The van der Waals surface area contributed by atoms with Crippen molar-refractivity contribution in [3.05, 3.63) is 34.8 Å². The number of thioether (sulfide) groups is 1. The van der Waals surface area contributed by atoms with Crippen LogP contribution in [0.2, 0.25) is 0 Å². The Morgan fingerprint density at radius 2 is 2.08 bits per heavy atom. The average Bonchev–Trinajstić information content (AvgIpc) is 3.06. The maximum atomic E-state index is 12.4. The number of ketones is 1. The third-order valence-corrected chi connectivity index (χ3v) is 5.42. The molecule has 0 spiro atoms. The van der Waals surface area contributed by atoms with Crippen molar-refractivity contribution in [3.8, 4) is 11.5 Å². The largest absolute Gasteiger partial charge is 0.486 e. The van der Waals surface area contributed by atoms with Crippen LogP contribution < -0.4 is 9.47 Å². The van der Waals surface area contributed by atoms with Gasteiger partial charge in [-0.05, 0) is 25.1 Å². The van der Waals surface area contributed by atoms with E-state index in [2.05, 4.69) is 4.98 Å². The van der Waals surface area contributed by atoms with Crippen molar-refractivity contribution in [2.24, 2.45) is 0 Å². The first-order chi connectivity index (χ1) is 12.2. The maximum Gasteiger partial charge on any atom is 0.311 e. The number of rotatable bonds is 7. The van der Waals surface area contributed by atoms with Gasteiger partial charge >= 0.3 is 5.97 Å². The van der Waals surface area contributed by atoms with E-state index >= 15 is 0 Å². The van der Waals surface area contributed by atoms with Crippen LogP contribution >= 0.6 is 23.1 Å². The van der Waals surface area contributed by atoms with Crippen molar-refractivity contribution in [2.75, 3.05) is 25.6 Å². The van der Waals surface area contributed by atoms with Crippen molar-refractivity contribution in [2.45, 2.75) is 17.7 Å². The molecule has 1 aliphatic heterocycles. The van der Waals surface area contributed by atoms with Gasteiger partial charge in [0.1, 0.15) is 13.2 Å². The van der Waals surface area contributed by atoms with Crippen molar-refractivity contribution in [1.82, 2.24) is 4.98 Å². The Kier molecular flexibility index (Phi) is 5.93. The molecule has 0 unspecified atom stereocenters. The summed E-state index contributed by atoms with van der Waals surface area (Å²) in [4.78, 5) is 28.2. The number of aromatic nitrogens is 1. The average molecular weight is 379 g/mol. The van der Waals surface area contributed by atoms with E-state index in [1.54, 1.807) is 25.1 Å². The molecule has 2 heterocycles. The lowest BCUT2D eigenvalue weighted by molar-refractivity contribution is -0.142. The summed E-state index contributed by atoms with van der Waals surface area (Å²) in [6.07, 6.45) is 0.154. The normalized spacial score (nSPS) is 12.7. The van der Waals surface area contributed by atoms with E-state index in [0.717, 1.165) is 4.34 Å². The van der Waals surface area contributed by atoms with E-state index in [9.17, 15) is 9.59 Å². The fourth-order valence-corrected chi connectivity index (χ4v) is 3.96. The van der Waals surface area contributed by atoms with Crippen molar-refractivity contribution >= 4 is 34.9 Å². The molecule has 0 bridgehead atoms. The summed E-state index contributed by atoms with van der Waals surface area (Å²) in [5.41, 5.74) is 1.25. The molecule has 1 aliphatic rings. The third-order valence-electron chi connectivity index (χ3n) is 3.35. The van der Waals surface area contributed by atoms with Crippen LogP contribution in [0.25, 0.3) is 0 Å². The van der Waals surface area contributed by atoms with Gasteiger partial charge in [0.05, 0.1) is 24.5 Å². The highest BCUT2D eigenvalue weighted by Gasteiger charge is 2.16. The second kappa shape index (κ2) is 8.35. The third kappa shape index (κ3) is 4.73. The van der Waals surface area contributed by atoms with Gasteiger partial charge in [0, 0.05) is 10.9 Å². The molecule has 0 radical (unpaired) electrons. The second-order valence-electron chi connectivity index (χ2n) is 5.16. The number of carbonyl (C=O) groups excluding carboxylic acids is 2. The molecular weight excluding hydrogens is 362 g/mol. The fourth-order valence-electron chi connectivity index (χ4n) is 2.22. The summed E-state index contributed by atoms with van der Waals surface area (Å²) in [7, 11) is 0. The molecular formula is C17H17NO5S2. The zero-order chi connectivity index (χ0) is 17.6. The van der Waals surface area contributed by atoms with Crippen LogP contribution in [0.15, 0.2) is 27.9 Å². The number of thiazole rings is 1. The molecule has 8 heteroatoms. The van der Waals surface area contributed by atoms with E-state index in [1.165, 1.54) is 23.1 Å². The summed E-state index contributed by atoms with van der Waals surface area (Å²) in [6.45, 7) is 3.13. The highest BCUT2D eigenvalue weighted by molar-refractivity contribution is 8.01. The van der Waals surface area contributed by atoms with Gasteiger partial charge in [0.2, 0.25) is 0 Å². The molecule has 0 aliphatic carbocycles. The van der Waals surface area contributed by atoms with Gasteiger partial charge in [-0.2, -0.15) is 0 Å². The Morgan fingerprint density at radius 1 is 1.28 bits per heavy atom. The van der Waals surface area contributed by atoms with Crippen LogP contribution in [-0.2, 0) is 16.0 Å². The minimum Gasteiger partial charge on any atom is -0.486 e. The van der Waals surface area contributed by atoms with Crippen molar-refractivity contribution in [3.63, 3.8) is 0 Å². The first kappa shape index (κ1) is 17.8. The highest BCUT2D eigenvalue weighted by Crippen LogP contribution is 2.31. The van der Waals surface area contributed by atoms with Crippen LogP contribution in [0, 0.1) is 0 Å². The molecule has 0 saturated heterocycles. The van der Waals surface area contributed by atoms with Gasteiger partial charge in [-0.15, -0.1) is 11.3 Å². The molecule has 1 aromatic carbocycles. The Bertz CT molecular complexity index is 774. The smallest absolute Gasteiger partial charge is 0.311 e. The number of fused-ring (bicyclic) bond motifs is 1. The van der Waals surface area contributed by atoms with Crippen LogP contribution in [0.5, 0.6) is 11.5 Å². The molecule has 2 aromatic rings. The second-order valence-corrected chi connectivity index (χ2v) is 7.24. The van der Waals surface area contributed by atoms with E-state index in [0.29, 0.717) is 42.6 Å². The maximum absolute atomic E-state index is 12.4. The summed E-state index contributed by atoms with van der Waals surface area (Å²) in [5, 5.41) is 1.81. The summed E-state index contributed by atoms with van der Waals surface area (Å²) >= 11 is 2.77. The Balaban J connectivity index is 1.55. The molecule has 3 rings (SSSR count). The lowest BCUT2D eigenvalue weighted by Gasteiger charge is -2.18. The number of hydrogen-bond acceptors (Lipinski definition) is 8. The molecule has 25 heavy (non-hydrogen) atoms. The SMILES string of the molecule is CCOC(=O)Cc1csc(SCC(=O)c2ccc3c(c2)OCCO3)n1. The molecule has 0 amide bonds. The Morgan fingerprint density at radius 3 is 2.88 bits per heavy atom. The Hall–Kier alpha value is -2.06. The quantitative estimate of drug-likeness (QED) is 0.416. The van der Waals surface area contributed by atoms with Gasteiger partial charge in [-0.25, -0.2) is 4.98 Å². The topological polar surface area (TPSA) is 74.7 Å². The van der Waals surface area contributed by atoms with Crippen molar-refractivity contribution in [1.29, 1.82) is 0 Å². The molecule has 0 fully saturated rings. The van der Waals surface area contributed by atoms with E-state index in [1.807, 2.05) is 5.38 Å². The zero-order valence-corrected chi connectivity index (χ0v) is 15.3. The number of ether oxygens (including phenoxy) is 3. The monoisotopic (exact) mass is 379 g/mol. The van der Waals surface area contributed by atoms with Crippen LogP contribution in [0.1, 0.15) is 23.0 Å².